The molecule has 192 valence electrons. The number of piperidine rings is 1. The molecule has 2 aromatic rings. The number of hydrogen-bond donors (Lipinski definition) is 2. The second-order valence-corrected chi connectivity index (χ2v) is 9.36. The number of nitrogens with two attached hydrogens (primary N) is 1. The SMILES string of the molecule is CN(CCN1CCOCC1)C(=O)c1cccc(C(=O)Nc2ccc(N3CCCCC3)cc2C(N)=O)c1. The molecule has 0 unspecified atom stereocenters. The van der Waals surface area contributed by atoms with Crippen molar-refractivity contribution in [3.8, 4) is 0 Å². The topological polar surface area (TPSA) is 108 Å². The number of ether oxygens (including phenoxy) is 1. The number of anilines is 2. The molecule has 9 nitrogen and oxygen atoms in total. The molecule has 4 rings (SSSR count). The summed E-state index contributed by atoms with van der Waals surface area (Å²) in [6, 6.07) is 12.0. The lowest BCUT2D eigenvalue weighted by molar-refractivity contribution is 0.0338. The van der Waals surface area contributed by atoms with Crippen molar-refractivity contribution in [2.24, 2.45) is 5.73 Å². The molecule has 2 aromatic carbocycles. The predicted octanol–water partition coefficient (Wildman–Crippen LogP) is 2.43. The van der Waals surface area contributed by atoms with Gasteiger partial charge in [-0.15, -0.1) is 0 Å². The fraction of sp³-hybridized carbons (Fsp3) is 0.444. The van der Waals surface area contributed by atoms with E-state index in [-0.39, 0.29) is 11.5 Å². The Bertz CT molecular complexity index is 1090. The lowest BCUT2D eigenvalue weighted by Crippen LogP contribution is -2.41. The van der Waals surface area contributed by atoms with Crippen LogP contribution in [0.4, 0.5) is 11.4 Å². The number of nitrogens with zero attached hydrogens (tertiary/aromatic N) is 3. The Labute approximate surface area is 212 Å². The Morgan fingerprint density at radius 3 is 2.42 bits per heavy atom. The highest BCUT2D eigenvalue weighted by atomic mass is 16.5. The zero-order valence-electron chi connectivity index (χ0n) is 20.9. The summed E-state index contributed by atoms with van der Waals surface area (Å²) in [5, 5.41) is 2.80. The van der Waals surface area contributed by atoms with E-state index in [0.717, 1.165) is 51.3 Å². The summed E-state index contributed by atoms with van der Waals surface area (Å²) in [6.07, 6.45) is 3.43. The van der Waals surface area contributed by atoms with Crippen molar-refractivity contribution in [2.75, 3.05) is 69.7 Å². The maximum absolute atomic E-state index is 13.0. The van der Waals surface area contributed by atoms with E-state index in [1.807, 2.05) is 6.07 Å². The van der Waals surface area contributed by atoms with Gasteiger partial charge in [0.15, 0.2) is 0 Å². The van der Waals surface area contributed by atoms with Gasteiger partial charge in [0.2, 0.25) is 0 Å². The fourth-order valence-corrected chi connectivity index (χ4v) is 4.62. The monoisotopic (exact) mass is 493 g/mol. The first-order valence-electron chi connectivity index (χ1n) is 12.6. The van der Waals surface area contributed by atoms with Crippen LogP contribution in [0.1, 0.15) is 50.3 Å². The molecule has 0 spiro atoms. The Kier molecular flexibility index (Phi) is 8.56. The number of nitrogens with one attached hydrogen (secondary N) is 1. The van der Waals surface area contributed by atoms with Crippen LogP contribution >= 0.6 is 0 Å². The molecule has 2 aliphatic heterocycles. The highest BCUT2D eigenvalue weighted by Gasteiger charge is 2.19. The van der Waals surface area contributed by atoms with Crippen molar-refractivity contribution in [1.82, 2.24) is 9.80 Å². The molecular weight excluding hydrogens is 458 g/mol. The van der Waals surface area contributed by atoms with Crippen molar-refractivity contribution in [1.29, 1.82) is 0 Å². The summed E-state index contributed by atoms with van der Waals surface area (Å²) in [5.74, 6) is -1.16. The summed E-state index contributed by atoms with van der Waals surface area (Å²) >= 11 is 0. The average molecular weight is 494 g/mol. The number of morpholine rings is 1. The van der Waals surface area contributed by atoms with E-state index in [9.17, 15) is 14.4 Å². The Morgan fingerprint density at radius 2 is 1.69 bits per heavy atom. The molecule has 2 heterocycles. The molecule has 3 N–H and O–H groups in total. The van der Waals surface area contributed by atoms with Gasteiger partial charge in [-0.1, -0.05) is 6.07 Å². The first kappa shape index (κ1) is 25.7. The van der Waals surface area contributed by atoms with Crippen LogP contribution in [-0.4, -0.2) is 87.1 Å². The largest absolute Gasteiger partial charge is 0.379 e. The van der Waals surface area contributed by atoms with E-state index in [1.165, 1.54) is 6.42 Å². The number of carbonyl (C=O) groups is 3. The molecule has 2 aliphatic rings. The van der Waals surface area contributed by atoms with Gasteiger partial charge in [0, 0.05) is 63.1 Å². The summed E-state index contributed by atoms with van der Waals surface area (Å²) < 4.78 is 5.37. The zero-order chi connectivity index (χ0) is 25.5. The maximum Gasteiger partial charge on any atom is 0.255 e. The van der Waals surface area contributed by atoms with Gasteiger partial charge in [0.25, 0.3) is 17.7 Å². The molecule has 3 amide bonds. The van der Waals surface area contributed by atoms with Crippen LogP contribution in [0, 0.1) is 0 Å². The molecule has 0 radical (unpaired) electrons. The summed E-state index contributed by atoms with van der Waals surface area (Å²) in [6.45, 7) is 6.39. The molecule has 2 fully saturated rings. The van der Waals surface area contributed by atoms with Crippen LogP contribution in [0.15, 0.2) is 42.5 Å². The van der Waals surface area contributed by atoms with Gasteiger partial charge in [-0.3, -0.25) is 19.3 Å². The Hall–Kier alpha value is -3.43. The third-order valence-electron chi connectivity index (χ3n) is 6.81. The standard InChI is InChI=1S/C27H35N5O4/c1-30(12-13-31-14-16-36-17-15-31)27(35)21-7-5-6-20(18-21)26(34)29-24-9-8-22(19-23(24)25(28)33)32-10-3-2-4-11-32/h5-9,18-19H,2-4,10-17H2,1H3,(H2,28,33)(H,29,34). The highest BCUT2D eigenvalue weighted by Crippen LogP contribution is 2.26. The second kappa shape index (κ2) is 12.0. The van der Waals surface area contributed by atoms with Gasteiger partial charge < -0.3 is 25.6 Å². The molecule has 2 saturated heterocycles. The number of likely N-dealkylation sites (N-methyl/N-ethyl adjacent to an activating group) is 1. The molecule has 36 heavy (non-hydrogen) atoms. The molecular formula is C27H35N5O4. The predicted molar refractivity (Wildman–Crippen MR) is 140 cm³/mol. The smallest absolute Gasteiger partial charge is 0.255 e. The van der Waals surface area contributed by atoms with Crippen LogP contribution in [0.25, 0.3) is 0 Å². The van der Waals surface area contributed by atoms with Gasteiger partial charge in [0.05, 0.1) is 24.5 Å². The van der Waals surface area contributed by atoms with Crippen molar-refractivity contribution < 1.29 is 19.1 Å². The first-order valence-corrected chi connectivity index (χ1v) is 12.6. The van der Waals surface area contributed by atoms with Crippen molar-refractivity contribution in [3.05, 3.63) is 59.2 Å². The number of hydrogen-bond acceptors (Lipinski definition) is 6. The summed E-state index contributed by atoms with van der Waals surface area (Å²) in [4.78, 5) is 44.3. The zero-order valence-corrected chi connectivity index (χ0v) is 20.9. The van der Waals surface area contributed by atoms with E-state index in [4.69, 9.17) is 10.5 Å². The quantitative estimate of drug-likeness (QED) is 0.585. The third kappa shape index (κ3) is 6.41. The number of amides is 3. The van der Waals surface area contributed by atoms with Crippen molar-refractivity contribution >= 4 is 29.1 Å². The molecule has 0 atom stereocenters. The van der Waals surface area contributed by atoms with Crippen LogP contribution in [0.2, 0.25) is 0 Å². The lowest BCUT2D eigenvalue weighted by Gasteiger charge is -2.29. The second-order valence-electron chi connectivity index (χ2n) is 9.36. The first-order chi connectivity index (χ1) is 17.4. The summed E-state index contributed by atoms with van der Waals surface area (Å²) in [7, 11) is 1.76. The van der Waals surface area contributed by atoms with Gasteiger partial charge in [0.1, 0.15) is 0 Å². The molecule has 0 aromatic heterocycles. The van der Waals surface area contributed by atoms with Crippen LogP contribution < -0.4 is 16.0 Å². The average Bonchev–Trinajstić information content (AvgIpc) is 2.92. The maximum atomic E-state index is 13.0. The van der Waals surface area contributed by atoms with E-state index >= 15 is 0 Å². The molecule has 0 saturated carbocycles. The summed E-state index contributed by atoms with van der Waals surface area (Å²) in [5.41, 5.74) is 7.95. The number of primary amides is 1. The van der Waals surface area contributed by atoms with Gasteiger partial charge in [-0.25, -0.2) is 0 Å². The van der Waals surface area contributed by atoms with Gasteiger partial charge in [-0.2, -0.15) is 0 Å². The molecule has 0 aliphatic carbocycles. The minimum Gasteiger partial charge on any atom is -0.379 e. The van der Waals surface area contributed by atoms with E-state index in [1.54, 1.807) is 48.3 Å². The van der Waals surface area contributed by atoms with Crippen LogP contribution in [0.5, 0.6) is 0 Å². The number of carbonyl (C=O) groups excluding carboxylic acids is 3. The fourth-order valence-electron chi connectivity index (χ4n) is 4.62. The van der Waals surface area contributed by atoms with Gasteiger partial charge >= 0.3 is 0 Å². The normalized spacial score (nSPS) is 16.4. The van der Waals surface area contributed by atoms with E-state index in [0.29, 0.717) is 36.6 Å². The Balaban J connectivity index is 1.42. The highest BCUT2D eigenvalue weighted by molar-refractivity contribution is 6.10. The van der Waals surface area contributed by atoms with Crippen molar-refractivity contribution in [3.63, 3.8) is 0 Å². The van der Waals surface area contributed by atoms with Crippen LogP contribution in [-0.2, 0) is 4.74 Å². The van der Waals surface area contributed by atoms with E-state index in [2.05, 4.69) is 15.1 Å². The Morgan fingerprint density at radius 1 is 0.972 bits per heavy atom. The minimum atomic E-state index is -0.602. The number of benzene rings is 2. The molecule has 9 heteroatoms. The van der Waals surface area contributed by atoms with Crippen LogP contribution in [0.3, 0.4) is 0 Å². The minimum absolute atomic E-state index is 0.151. The van der Waals surface area contributed by atoms with E-state index < -0.39 is 11.8 Å². The molecule has 0 bridgehead atoms. The van der Waals surface area contributed by atoms with Gasteiger partial charge in [-0.05, 0) is 55.7 Å². The van der Waals surface area contributed by atoms with Crippen molar-refractivity contribution in [2.45, 2.75) is 19.3 Å². The lowest BCUT2D eigenvalue weighted by atomic mass is 10.1. The third-order valence-corrected chi connectivity index (χ3v) is 6.81. The number of rotatable bonds is 8.